The Morgan fingerprint density at radius 2 is 1.71 bits per heavy atom. The van der Waals surface area contributed by atoms with E-state index >= 15 is 0 Å². The molecular weight excluding hydrogens is 404 g/mol. The molecule has 0 N–H and O–H groups in total. The lowest BCUT2D eigenvalue weighted by molar-refractivity contribution is -0.137. The smallest absolute Gasteiger partial charge is 0.330 e. The van der Waals surface area contributed by atoms with Gasteiger partial charge in [0, 0.05) is 11.8 Å². The van der Waals surface area contributed by atoms with Crippen LogP contribution in [0.25, 0.3) is 6.08 Å². The molecule has 0 fully saturated rings. The van der Waals surface area contributed by atoms with Crippen LogP contribution in [0.3, 0.4) is 0 Å². The summed E-state index contributed by atoms with van der Waals surface area (Å²) in [6.45, 7) is 1.08. The Morgan fingerprint density at radius 1 is 0.903 bits per heavy atom. The summed E-state index contributed by atoms with van der Waals surface area (Å²) < 4.78 is 11.2. The van der Waals surface area contributed by atoms with Crippen molar-refractivity contribution in [2.24, 2.45) is 0 Å². The van der Waals surface area contributed by atoms with Crippen LogP contribution in [-0.2, 0) is 14.3 Å². The highest BCUT2D eigenvalue weighted by atomic mass is 32.2. The highest BCUT2D eigenvalue weighted by Crippen LogP contribution is 2.33. The van der Waals surface area contributed by atoms with E-state index < -0.39 is 0 Å². The Morgan fingerprint density at radius 3 is 2.61 bits per heavy atom. The van der Waals surface area contributed by atoms with Gasteiger partial charge in [-0.1, -0.05) is 72.9 Å². The van der Waals surface area contributed by atoms with Crippen LogP contribution < -0.4 is 0 Å². The number of allylic oxidation sites excluding steroid dienone is 11. The first-order valence-corrected chi connectivity index (χ1v) is 11.7. The van der Waals surface area contributed by atoms with E-state index in [-0.39, 0.29) is 5.97 Å². The lowest BCUT2D eigenvalue weighted by atomic mass is 10.2. The quantitative estimate of drug-likeness (QED) is 0.250. The monoisotopic (exact) mass is 432 g/mol. The molecule has 1 aromatic carbocycles. The summed E-state index contributed by atoms with van der Waals surface area (Å²) in [5.74, 6) is 2.32. The number of carbonyl (C=O) groups excluding carboxylic acids is 1. The van der Waals surface area contributed by atoms with Gasteiger partial charge in [0.05, 0.1) is 6.61 Å². The van der Waals surface area contributed by atoms with Crippen molar-refractivity contribution in [1.29, 1.82) is 0 Å². The van der Waals surface area contributed by atoms with Gasteiger partial charge in [0.2, 0.25) is 0 Å². The second-order valence-electron chi connectivity index (χ2n) is 6.98. The van der Waals surface area contributed by atoms with Crippen molar-refractivity contribution in [2.45, 2.75) is 12.8 Å². The largest absolute Gasteiger partial charge is 0.494 e. The van der Waals surface area contributed by atoms with Crippen LogP contribution >= 0.6 is 11.8 Å². The molecule has 160 valence electrons. The van der Waals surface area contributed by atoms with Crippen LogP contribution in [0.2, 0.25) is 0 Å². The molecule has 31 heavy (non-hydrogen) atoms. The molecular formula is C27H28O3S. The van der Waals surface area contributed by atoms with Gasteiger partial charge in [-0.05, 0) is 53.5 Å². The molecule has 0 unspecified atom stereocenters. The molecule has 1 aromatic rings. The first-order chi connectivity index (χ1) is 15.3. The SMILES string of the molecule is O=C(/C=C/c1ccccc1)OCCSCCCOC1=C\C=C/C=C\C=C/C2=C(C=C1)C2. The molecule has 3 nitrogen and oxygen atoms in total. The molecule has 0 aliphatic heterocycles. The summed E-state index contributed by atoms with van der Waals surface area (Å²) in [5.41, 5.74) is 3.74. The third kappa shape index (κ3) is 9.58. The van der Waals surface area contributed by atoms with Gasteiger partial charge in [-0.2, -0.15) is 11.8 Å². The van der Waals surface area contributed by atoms with Crippen LogP contribution in [0.15, 0.2) is 108 Å². The van der Waals surface area contributed by atoms with Crippen LogP contribution in [-0.4, -0.2) is 30.7 Å². The van der Waals surface area contributed by atoms with Crippen molar-refractivity contribution in [3.63, 3.8) is 0 Å². The zero-order valence-electron chi connectivity index (χ0n) is 17.6. The normalized spacial score (nSPS) is 18.4. The predicted octanol–water partition coefficient (Wildman–Crippen LogP) is 6.21. The molecule has 4 heteroatoms. The molecule has 0 amide bonds. The molecule has 2 aliphatic rings. The Labute approximate surface area is 189 Å². The van der Waals surface area contributed by atoms with E-state index in [0.29, 0.717) is 13.2 Å². The van der Waals surface area contributed by atoms with E-state index in [0.717, 1.165) is 35.7 Å². The summed E-state index contributed by atoms with van der Waals surface area (Å²) >= 11 is 1.77. The van der Waals surface area contributed by atoms with Crippen LogP contribution in [0, 0.1) is 0 Å². The number of thioether (sulfide) groups is 1. The third-order valence-electron chi connectivity index (χ3n) is 4.50. The van der Waals surface area contributed by atoms with E-state index in [1.807, 2.05) is 66.8 Å². The van der Waals surface area contributed by atoms with E-state index in [4.69, 9.17) is 9.47 Å². The highest BCUT2D eigenvalue weighted by molar-refractivity contribution is 7.99. The molecule has 0 saturated heterocycles. The van der Waals surface area contributed by atoms with Gasteiger partial charge in [0.15, 0.2) is 0 Å². The fraction of sp³-hybridized carbons (Fsp3) is 0.222. The number of rotatable bonds is 10. The molecule has 0 aromatic heterocycles. The highest BCUT2D eigenvalue weighted by Gasteiger charge is 2.15. The molecule has 3 rings (SSSR count). The van der Waals surface area contributed by atoms with E-state index in [1.165, 1.54) is 17.2 Å². The number of hydrogen-bond acceptors (Lipinski definition) is 4. The summed E-state index contributed by atoms with van der Waals surface area (Å²) in [6, 6.07) is 9.71. The fourth-order valence-corrected chi connectivity index (χ4v) is 3.50. The van der Waals surface area contributed by atoms with E-state index in [9.17, 15) is 4.79 Å². The standard InChI is InChI=1S/C27H28O3S/c28-27(17-14-23-10-5-4-6-11-23)30-19-21-31-20-9-18-29-26-13-8-3-1-2-7-12-24-22-25(24)15-16-26/h1-8,10-17H,9,18-22H2/b2-1-,3-1?,7-2?,8-3-,12-7-,13-8?,16-15?,17-14+,24-12?,25-15?,26-13?,26-16?. The minimum atomic E-state index is -0.304. The average Bonchev–Trinajstić information content (AvgIpc) is 3.54. The van der Waals surface area contributed by atoms with Gasteiger partial charge in [-0.15, -0.1) is 0 Å². The van der Waals surface area contributed by atoms with Gasteiger partial charge in [0.25, 0.3) is 0 Å². The summed E-state index contributed by atoms with van der Waals surface area (Å²) in [7, 11) is 0. The van der Waals surface area contributed by atoms with Crippen molar-refractivity contribution in [1.82, 2.24) is 0 Å². The molecule has 0 heterocycles. The summed E-state index contributed by atoms with van der Waals surface area (Å²) in [5, 5.41) is 0. The third-order valence-corrected chi connectivity index (χ3v) is 5.54. The Bertz CT molecular complexity index is 930. The summed E-state index contributed by atoms with van der Waals surface area (Å²) in [4.78, 5) is 11.7. The van der Waals surface area contributed by atoms with Crippen LogP contribution in [0.4, 0.5) is 0 Å². The summed E-state index contributed by atoms with van der Waals surface area (Å²) in [6.07, 6.45) is 23.7. The van der Waals surface area contributed by atoms with Crippen molar-refractivity contribution >= 4 is 23.8 Å². The second-order valence-corrected chi connectivity index (χ2v) is 8.21. The van der Waals surface area contributed by atoms with Gasteiger partial charge in [-0.3, -0.25) is 0 Å². The minimum absolute atomic E-state index is 0.304. The number of benzene rings is 1. The topological polar surface area (TPSA) is 35.5 Å². The first kappa shape index (κ1) is 22.7. The Hall–Kier alpha value is -2.98. The number of carbonyl (C=O) groups is 1. The molecule has 0 spiro atoms. The molecule has 0 saturated carbocycles. The zero-order chi connectivity index (χ0) is 21.6. The maximum atomic E-state index is 11.7. The first-order valence-electron chi connectivity index (χ1n) is 10.5. The van der Waals surface area contributed by atoms with Crippen LogP contribution in [0.5, 0.6) is 0 Å². The molecule has 0 bridgehead atoms. The van der Waals surface area contributed by atoms with Crippen molar-refractivity contribution in [3.05, 3.63) is 114 Å². The lowest BCUT2D eigenvalue weighted by Crippen LogP contribution is -2.05. The zero-order valence-corrected chi connectivity index (χ0v) is 18.4. The van der Waals surface area contributed by atoms with Gasteiger partial charge in [-0.25, -0.2) is 4.79 Å². The van der Waals surface area contributed by atoms with Gasteiger partial charge in [0.1, 0.15) is 12.4 Å². The maximum Gasteiger partial charge on any atom is 0.330 e. The van der Waals surface area contributed by atoms with E-state index in [2.05, 4.69) is 18.2 Å². The van der Waals surface area contributed by atoms with E-state index in [1.54, 1.807) is 17.8 Å². The Balaban J connectivity index is 1.26. The number of esters is 1. The minimum Gasteiger partial charge on any atom is -0.494 e. The number of ether oxygens (including phenoxy) is 2. The van der Waals surface area contributed by atoms with Crippen molar-refractivity contribution < 1.29 is 14.3 Å². The van der Waals surface area contributed by atoms with Crippen molar-refractivity contribution in [3.8, 4) is 0 Å². The van der Waals surface area contributed by atoms with Crippen molar-refractivity contribution in [2.75, 3.05) is 24.7 Å². The molecule has 2 aliphatic carbocycles. The lowest BCUT2D eigenvalue weighted by Gasteiger charge is -2.07. The number of hydrogen-bond donors (Lipinski definition) is 0. The predicted molar refractivity (Wildman–Crippen MR) is 131 cm³/mol. The van der Waals surface area contributed by atoms with Gasteiger partial charge >= 0.3 is 5.97 Å². The van der Waals surface area contributed by atoms with Crippen LogP contribution in [0.1, 0.15) is 18.4 Å². The molecule has 0 radical (unpaired) electrons. The van der Waals surface area contributed by atoms with Gasteiger partial charge < -0.3 is 9.47 Å². The average molecular weight is 433 g/mol. The molecule has 0 atom stereocenters. The maximum absolute atomic E-state index is 11.7. The second kappa shape index (κ2) is 13.3. The Kier molecular flexibility index (Phi) is 9.77. The fourth-order valence-electron chi connectivity index (χ4n) is 2.77.